The Morgan fingerprint density at radius 1 is 0.920 bits per heavy atom. The van der Waals surface area contributed by atoms with E-state index in [4.69, 9.17) is 20.4 Å². The molecular formula is C17H31NO7. The quantitative estimate of drug-likeness (QED) is 0.301. The third-order valence-corrected chi connectivity index (χ3v) is 3.93. The van der Waals surface area contributed by atoms with E-state index >= 15 is 0 Å². The lowest BCUT2D eigenvalue weighted by molar-refractivity contribution is -0.135. The first-order chi connectivity index (χ1) is 11.6. The fourth-order valence-corrected chi connectivity index (χ4v) is 2.22. The fourth-order valence-electron chi connectivity index (χ4n) is 2.22. The maximum Gasteiger partial charge on any atom is 0.228 e. The van der Waals surface area contributed by atoms with Crippen LogP contribution in [0.3, 0.4) is 0 Å². The van der Waals surface area contributed by atoms with Crippen LogP contribution in [0.4, 0.5) is 0 Å². The van der Waals surface area contributed by atoms with Crippen LogP contribution in [0.15, 0.2) is 0 Å². The third kappa shape index (κ3) is 8.53. The number of aliphatic hydroxyl groups is 4. The molecule has 0 aromatic rings. The van der Waals surface area contributed by atoms with Crippen LogP contribution in [0.5, 0.6) is 0 Å². The second-order valence-electron chi connectivity index (χ2n) is 7.25. The second-order valence-corrected chi connectivity index (χ2v) is 7.25. The molecule has 8 nitrogen and oxygen atoms in total. The van der Waals surface area contributed by atoms with E-state index in [0.29, 0.717) is 0 Å². The second kappa shape index (κ2) is 11.3. The van der Waals surface area contributed by atoms with E-state index in [1.807, 2.05) is 0 Å². The summed E-state index contributed by atoms with van der Waals surface area (Å²) in [5.74, 6) is -2.70. The molecule has 0 aliphatic heterocycles. The Morgan fingerprint density at radius 3 is 1.84 bits per heavy atom. The SMILES string of the molecule is CC(C)(C)C(=O)C(CCC(=O)CC(CO)CO)NC(=O)C(CO)CO. The van der Waals surface area contributed by atoms with E-state index in [-0.39, 0.29) is 44.0 Å². The standard InChI is InChI=1S/C17H31NO7/c1-17(2,3)15(24)14(18-16(25)12(9-21)10-22)5-4-13(23)6-11(7-19)8-20/h11-12,14,19-22H,4-10H2,1-3H3,(H,18,25). The summed E-state index contributed by atoms with van der Waals surface area (Å²) in [5, 5.41) is 38.7. The molecule has 0 aliphatic rings. The molecule has 0 saturated heterocycles. The van der Waals surface area contributed by atoms with Gasteiger partial charge in [-0.25, -0.2) is 0 Å². The normalized spacial score (nSPS) is 13.2. The van der Waals surface area contributed by atoms with E-state index in [1.165, 1.54) is 0 Å². The monoisotopic (exact) mass is 361 g/mol. The number of hydrogen-bond acceptors (Lipinski definition) is 7. The van der Waals surface area contributed by atoms with Crippen LogP contribution >= 0.6 is 0 Å². The molecule has 146 valence electrons. The lowest BCUT2D eigenvalue weighted by atomic mass is 9.84. The summed E-state index contributed by atoms with van der Waals surface area (Å²) < 4.78 is 0. The van der Waals surface area contributed by atoms with Gasteiger partial charge in [0.05, 0.1) is 25.2 Å². The van der Waals surface area contributed by atoms with Gasteiger partial charge < -0.3 is 25.7 Å². The first kappa shape index (κ1) is 23.6. The molecule has 0 spiro atoms. The van der Waals surface area contributed by atoms with Crippen LogP contribution in [0, 0.1) is 17.3 Å². The fraction of sp³-hybridized carbons (Fsp3) is 0.824. The lowest BCUT2D eigenvalue weighted by Gasteiger charge is -2.26. The van der Waals surface area contributed by atoms with Crippen molar-refractivity contribution in [3.63, 3.8) is 0 Å². The minimum atomic E-state index is -1.03. The maximum absolute atomic E-state index is 12.5. The van der Waals surface area contributed by atoms with Crippen LogP contribution in [-0.4, -0.2) is 70.4 Å². The number of Topliss-reactive ketones (excluding diaryl/α,β-unsaturated/α-hetero) is 2. The van der Waals surface area contributed by atoms with Gasteiger partial charge in [0.1, 0.15) is 5.78 Å². The van der Waals surface area contributed by atoms with Crippen molar-refractivity contribution in [1.29, 1.82) is 0 Å². The van der Waals surface area contributed by atoms with E-state index in [9.17, 15) is 14.4 Å². The Labute approximate surface area is 148 Å². The van der Waals surface area contributed by atoms with Gasteiger partial charge >= 0.3 is 0 Å². The van der Waals surface area contributed by atoms with E-state index in [0.717, 1.165) is 0 Å². The summed E-state index contributed by atoms with van der Waals surface area (Å²) in [6.45, 7) is 3.37. The van der Waals surface area contributed by atoms with Crippen LogP contribution in [0.2, 0.25) is 0 Å². The minimum Gasteiger partial charge on any atom is -0.396 e. The highest BCUT2D eigenvalue weighted by molar-refractivity contribution is 5.93. The van der Waals surface area contributed by atoms with Gasteiger partial charge in [0.2, 0.25) is 5.91 Å². The first-order valence-corrected chi connectivity index (χ1v) is 8.40. The van der Waals surface area contributed by atoms with Gasteiger partial charge in [-0.2, -0.15) is 0 Å². The van der Waals surface area contributed by atoms with Gasteiger partial charge in [0.25, 0.3) is 0 Å². The van der Waals surface area contributed by atoms with Gasteiger partial charge in [-0.3, -0.25) is 14.4 Å². The molecule has 0 bridgehead atoms. The Hall–Kier alpha value is -1.35. The van der Waals surface area contributed by atoms with E-state index in [2.05, 4.69) is 5.32 Å². The highest BCUT2D eigenvalue weighted by atomic mass is 16.3. The van der Waals surface area contributed by atoms with Gasteiger partial charge in [0, 0.05) is 37.4 Å². The molecule has 0 rings (SSSR count). The van der Waals surface area contributed by atoms with Gasteiger partial charge in [-0.1, -0.05) is 20.8 Å². The van der Waals surface area contributed by atoms with Crippen molar-refractivity contribution < 1.29 is 34.8 Å². The van der Waals surface area contributed by atoms with Crippen molar-refractivity contribution in [3.8, 4) is 0 Å². The van der Waals surface area contributed by atoms with E-state index < -0.39 is 42.4 Å². The zero-order valence-corrected chi connectivity index (χ0v) is 15.2. The number of rotatable bonds is 12. The van der Waals surface area contributed by atoms with Crippen LogP contribution in [0.25, 0.3) is 0 Å². The molecule has 0 heterocycles. The molecule has 0 fully saturated rings. The molecule has 1 atom stereocenters. The molecule has 5 N–H and O–H groups in total. The van der Waals surface area contributed by atoms with Gasteiger partial charge in [-0.15, -0.1) is 0 Å². The third-order valence-electron chi connectivity index (χ3n) is 3.93. The molecule has 0 aliphatic carbocycles. The predicted molar refractivity (Wildman–Crippen MR) is 90.6 cm³/mol. The van der Waals surface area contributed by atoms with Crippen LogP contribution in [-0.2, 0) is 14.4 Å². The average molecular weight is 361 g/mol. The van der Waals surface area contributed by atoms with Gasteiger partial charge in [0.15, 0.2) is 5.78 Å². The summed E-state index contributed by atoms with van der Waals surface area (Å²) in [6.07, 6.45) is 0.0767. The molecule has 0 saturated carbocycles. The largest absolute Gasteiger partial charge is 0.396 e. The Balaban J connectivity index is 4.95. The zero-order valence-electron chi connectivity index (χ0n) is 15.2. The molecule has 1 amide bonds. The average Bonchev–Trinajstić information content (AvgIpc) is 2.55. The van der Waals surface area contributed by atoms with Crippen LogP contribution < -0.4 is 5.32 Å². The number of ketones is 2. The highest BCUT2D eigenvalue weighted by Gasteiger charge is 2.32. The summed E-state index contributed by atoms with van der Waals surface area (Å²) in [5.41, 5.74) is -0.742. The molecule has 0 aromatic carbocycles. The summed E-state index contributed by atoms with van der Waals surface area (Å²) in [6, 6.07) is -0.918. The molecule has 25 heavy (non-hydrogen) atoms. The molecule has 1 unspecified atom stereocenters. The topological polar surface area (TPSA) is 144 Å². The summed E-state index contributed by atoms with van der Waals surface area (Å²) in [7, 11) is 0. The molecule has 0 radical (unpaired) electrons. The molecular weight excluding hydrogens is 330 g/mol. The van der Waals surface area contributed by atoms with Crippen molar-refractivity contribution in [2.24, 2.45) is 17.3 Å². The Bertz CT molecular complexity index is 437. The highest BCUT2D eigenvalue weighted by Crippen LogP contribution is 2.20. The van der Waals surface area contributed by atoms with Crippen molar-refractivity contribution in [1.82, 2.24) is 5.32 Å². The number of amides is 1. The minimum absolute atomic E-state index is 0.00613. The number of aliphatic hydroxyl groups excluding tert-OH is 4. The number of hydrogen-bond donors (Lipinski definition) is 5. The summed E-state index contributed by atoms with van der Waals surface area (Å²) in [4.78, 5) is 36.5. The Kier molecular flexibility index (Phi) is 10.7. The Morgan fingerprint density at radius 2 is 1.44 bits per heavy atom. The number of nitrogens with one attached hydrogen (secondary N) is 1. The number of carbonyl (C=O) groups is 3. The smallest absolute Gasteiger partial charge is 0.228 e. The van der Waals surface area contributed by atoms with Crippen molar-refractivity contribution >= 4 is 17.5 Å². The number of carbonyl (C=O) groups excluding carboxylic acids is 3. The maximum atomic E-state index is 12.5. The molecule has 8 heteroatoms. The van der Waals surface area contributed by atoms with Crippen molar-refractivity contribution in [2.45, 2.75) is 46.1 Å². The van der Waals surface area contributed by atoms with E-state index in [1.54, 1.807) is 20.8 Å². The first-order valence-electron chi connectivity index (χ1n) is 8.40. The van der Waals surface area contributed by atoms with Crippen molar-refractivity contribution in [3.05, 3.63) is 0 Å². The van der Waals surface area contributed by atoms with Crippen LogP contribution in [0.1, 0.15) is 40.0 Å². The molecule has 0 aromatic heterocycles. The zero-order chi connectivity index (χ0) is 19.6. The van der Waals surface area contributed by atoms with Crippen molar-refractivity contribution in [2.75, 3.05) is 26.4 Å². The summed E-state index contributed by atoms with van der Waals surface area (Å²) >= 11 is 0. The van der Waals surface area contributed by atoms with Gasteiger partial charge in [-0.05, 0) is 6.42 Å². The predicted octanol–water partition coefficient (Wildman–Crippen LogP) is -0.973. The lowest BCUT2D eigenvalue weighted by Crippen LogP contribution is -2.48.